The Hall–Kier alpha value is -2.58. The summed E-state index contributed by atoms with van der Waals surface area (Å²) in [6, 6.07) is 10.2. The maximum Gasteiger partial charge on any atom is 0.257 e. The third kappa shape index (κ3) is 4.89. The van der Waals surface area contributed by atoms with Crippen LogP contribution >= 0.6 is 0 Å². The number of nitrogens with two attached hydrogens (primary N) is 1. The van der Waals surface area contributed by atoms with Crippen molar-refractivity contribution in [3.05, 3.63) is 53.1 Å². The molecule has 2 aromatic carbocycles. The normalized spacial score (nSPS) is 15.2. The number of amides is 1. The fourth-order valence-electron chi connectivity index (χ4n) is 3.39. The van der Waals surface area contributed by atoms with Crippen molar-refractivity contribution in [2.45, 2.75) is 37.7 Å². The third-order valence-electron chi connectivity index (χ3n) is 5.10. The summed E-state index contributed by atoms with van der Waals surface area (Å²) >= 11 is 0. The lowest BCUT2D eigenvalue weighted by Crippen LogP contribution is -2.42. The van der Waals surface area contributed by atoms with Crippen LogP contribution in [0.1, 0.15) is 34.3 Å². The van der Waals surface area contributed by atoms with Crippen LogP contribution < -0.4 is 14.6 Å². The fourth-order valence-corrected chi connectivity index (χ4v) is 3.93. The van der Waals surface area contributed by atoms with E-state index in [2.05, 4.69) is 0 Å². The zero-order chi connectivity index (χ0) is 21.2. The summed E-state index contributed by atoms with van der Waals surface area (Å²) in [5, 5.41) is 5.20. The number of carbonyl (C=O) groups is 1. The highest BCUT2D eigenvalue weighted by Crippen LogP contribution is 2.27. The number of carbonyl (C=O) groups excluding carboxylic acids is 1. The largest absolute Gasteiger partial charge is 0.496 e. The molecular weight excluding hydrogens is 392 g/mol. The van der Waals surface area contributed by atoms with Crippen LogP contribution in [0.5, 0.6) is 11.5 Å². The van der Waals surface area contributed by atoms with E-state index < -0.39 is 10.0 Å². The predicted molar refractivity (Wildman–Crippen MR) is 110 cm³/mol. The van der Waals surface area contributed by atoms with Crippen LogP contribution in [-0.4, -0.2) is 45.5 Å². The minimum absolute atomic E-state index is 0.0252. The number of aryl methyl sites for hydroxylation is 2. The van der Waals surface area contributed by atoms with Gasteiger partial charge in [0.15, 0.2) is 0 Å². The lowest BCUT2D eigenvalue weighted by Gasteiger charge is -2.33. The number of rotatable bonds is 5. The highest BCUT2D eigenvalue weighted by atomic mass is 32.2. The smallest absolute Gasteiger partial charge is 0.257 e. The maximum absolute atomic E-state index is 13.0. The van der Waals surface area contributed by atoms with Gasteiger partial charge in [0, 0.05) is 25.9 Å². The molecule has 3 rings (SSSR count). The molecule has 8 heteroatoms. The first kappa shape index (κ1) is 21.1. The molecule has 2 aromatic rings. The number of sulfonamides is 1. The topological polar surface area (TPSA) is 98.9 Å². The van der Waals surface area contributed by atoms with Crippen LogP contribution in [0.25, 0.3) is 0 Å². The summed E-state index contributed by atoms with van der Waals surface area (Å²) in [5.41, 5.74) is 2.41. The third-order valence-corrected chi connectivity index (χ3v) is 6.01. The van der Waals surface area contributed by atoms with Crippen molar-refractivity contribution in [2.24, 2.45) is 5.14 Å². The number of methoxy groups -OCH3 is 1. The molecule has 0 unspecified atom stereocenters. The number of piperidine rings is 1. The fraction of sp³-hybridized carbons (Fsp3) is 0.381. The van der Waals surface area contributed by atoms with E-state index in [4.69, 9.17) is 14.6 Å². The van der Waals surface area contributed by atoms with Crippen molar-refractivity contribution in [3.63, 3.8) is 0 Å². The first-order valence-electron chi connectivity index (χ1n) is 9.43. The molecule has 156 valence electrons. The van der Waals surface area contributed by atoms with Gasteiger partial charge in [0.05, 0.1) is 17.6 Å². The van der Waals surface area contributed by atoms with Gasteiger partial charge in [0.25, 0.3) is 5.91 Å². The summed E-state index contributed by atoms with van der Waals surface area (Å²) in [4.78, 5) is 14.6. The lowest BCUT2D eigenvalue weighted by atomic mass is 10.1. The van der Waals surface area contributed by atoms with Crippen LogP contribution in [0.2, 0.25) is 0 Å². The Balaban J connectivity index is 1.71. The van der Waals surface area contributed by atoms with E-state index in [1.54, 1.807) is 4.90 Å². The Morgan fingerprint density at radius 1 is 1.07 bits per heavy atom. The highest BCUT2D eigenvalue weighted by Gasteiger charge is 2.27. The Bertz CT molecular complexity index is 1010. The van der Waals surface area contributed by atoms with Crippen molar-refractivity contribution < 1.29 is 22.7 Å². The molecule has 0 aliphatic carbocycles. The minimum atomic E-state index is -3.91. The average Bonchev–Trinajstić information content (AvgIpc) is 2.69. The van der Waals surface area contributed by atoms with E-state index in [9.17, 15) is 13.2 Å². The molecule has 1 heterocycles. The Morgan fingerprint density at radius 2 is 1.76 bits per heavy atom. The Morgan fingerprint density at radius 3 is 2.38 bits per heavy atom. The molecule has 7 nitrogen and oxygen atoms in total. The number of hydrogen-bond donors (Lipinski definition) is 1. The van der Waals surface area contributed by atoms with E-state index >= 15 is 0 Å². The SMILES string of the molecule is COc1ccc(S(N)(=O)=O)cc1C(=O)N1CCC(Oc2cc(C)ccc2C)CC1. The van der Waals surface area contributed by atoms with Gasteiger partial charge in [-0.15, -0.1) is 0 Å². The molecule has 1 aliphatic heterocycles. The Kier molecular flexibility index (Phi) is 6.14. The molecule has 0 spiro atoms. The second-order valence-electron chi connectivity index (χ2n) is 7.29. The van der Waals surface area contributed by atoms with Crippen molar-refractivity contribution in [1.82, 2.24) is 4.90 Å². The molecule has 1 saturated heterocycles. The van der Waals surface area contributed by atoms with Crippen molar-refractivity contribution in [2.75, 3.05) is 20.2 Å². The summed E-state index contributed by atoms with van der Waals surface area (Å²) in [5.74, 6) is 0.908. The molecule has 1 fully saturated rings. The van der Waals surface area contributed by atoms with Crippen molar-refractivity contribution in [3.8, 4) is 11.5 Å². The molecule has 1 amide bonds. The van der Waals surface area contributed by atoms with Gasteiger partial charge in [-0.25, -0.2) is 13.6 Å². The average molecular weight is 419 g/mol. The van der Waals surface area contributed by atoms with Gasteiger partial charge in [0.2, 0.25) is 10.0 Å². The van der Waals surface area contributed by atoms with E-state index in [-0.39, 0.29) is 22.5 Å². The molecule has 0 atom stereocenters. The summed E-state index contributed by atoms with van der Waals surface area (Å²) in [7, 11) is -2.47. The molecule has 1 aliphatic rings. The van der Waals surface area contributed by atoms with Crippen molar-refractivity contribution in [1.29, 1.82) is 0 Å². The zero-order valence-corrected chi connectivity index (χ0v) is 17.7. The second-order valence-corrected chi connectivity index (χ2v) is 8.85. The van der Waals surface area contributed by atoms with Gasteiger partial charge in [-0.1, -0.05) is 12.1 Å². The van der Waals surface area contributed by atoms with Gasteiger partial charge in [-0.05, 0) is 49.2 Å². The number of nitrogens with zero attached hydrogens (tertiary/aromatic N) is 1. The predicted octanol–water partition coefficient (Wildman–Crippen LogP) is 2.64. The van der Waals surface area contributed by atoms with Gasteiger partial charge < -0.3 is 14.4 Å². The quantitative estimate of drug-likeness (QED) is 0.805. The first-order chi connectivity index (χ1) is 13.7. The van der Waals surface area contributed by atoms with Crippen LogP contribution in [-0.2, 0) is 10.0 Å². The molecular formula is C21H26N2O5S. The van der Waals surface area contributed by atoms with E-state index in [0.29, 0.717) is 31.7 Å². The summed E-state index contributed by atoms with van der Waals surface area (Å²) < 4.78 is 34.7. The highest BCUT2D eigenvalue weighted by molar-refractivity contribution is 7.89. The van der Waals surface area contributed by atoms with E-state index in [1.807, 2.05) is 32.0 Å². The molecule has 0 radical (unpaired) electrons. The molecule has 2 N–H and O–H groups in total. The number of primary sulfonamides is 1. The molecule has 0 aromatic heterocycles. The van der Waals surface area contributed by atoms with E-state index in [0.717, 1.165) is 16.9 Å². The van der Waals surface area contributed by atoms with Crippen LogP contribution in [0.15, 0.2) is 41.3 Å². The minimum Gasteiger partial charge on any atom is -0.496 e. The van der Waals surface area contributed by atoms with Crippen molar-refractivity contribution >= 4 is 15.9 Å². The van der Waals surface area contributed by atoms with Crippen LogP contribution in [0.4, 0.5) is 0 Å². The van der Waals surface area contributed by atoms with Gasteiger partial charge in [0.1, 0.15) is 17.6 Å². The number of likely N-dealkylation sites (tertiary alicyclic amines) is 1. The number of benzene rings is 2. The maximum atomic E-state index is 13.0. The lowest BCUT2D eigenvalue weighted by molar-refractivity contribution is 0.0591. The number of ether oxygens (including phenoxy) is 2. The zero-order valence-electron chi connectivity index (χ0n) is 16.8. The molecule has 29 heavy (non-hydrogen) atoms. The van der Waals surface area contributed by atoms with Crippen LogP contribution in [0, 0.1) is 13.8 Å². The second kappa shape index (κ2) is 8.42. The molecule has 0 saturated carbocycles. The van der Waals surface area contributed by atoms with Gasteiger partial charge in [-0.2, -0.15) is 0 Å². The summed E-state index contributed by atoms with van der Waals surface area (Å²) in [6.07, 6.45) is 1.41. The van der Waals surface area contributed by atoms with Gasteiger partial charge >= 0.3 is 0 Å². The number of hydrogen-bond acceptors (Lipinski definition) is 5. The molecule has 0 bridgehead atoms. The monoisotopic (exact) mass is 418 g/mol. The van der Waals surface area contributed by atoms with Crippen LogP contribution in [0.3, 0.4) is 0 Å². The Labute approximate surface area is 171 Å². The van der Waals surface area contributed by atoms with E-state index in [1.165, 1.54) is 25.3 Å². The summed E-state index contributed by atoms with van der Waals surface area (Å²) in [6.45, 7) is 5.06. The van der Waals surface area contributed by atoms with Gasteiger partial charge in [-0.3, -0.25) is 4.79 Å². The standard InChI is InChI=1S/C21H26N2O5S/c1-14-4-5-15(2)20(12-14)28-16-8-10-23(11-9-16)21(24)18-13-17(29(22,25)26)6-7-19(18)27-3/h4-7,12-13,16H,8-11H2,1-3H3,(H2,22,25,26). The first-order valence-corrected chi connectivity index (χ1v) is 11.0.